The summed E-state index contributed by atoms with van der Waals surface area (Å²) >= 11 is 5.87. The van der Waals surface area contributed by atoms with Gasteiger partial charge in [-0.3, -0.25) is 0 Å². The Balaban J connectivity index is 1.78. The first-order valence-electron chi connectivity index (χ1n) is 7.74. The van der Waals surface area contributed by atoms with E-state index < -0.39 is 0 Å². The van der Waals surface area contributed by atoms with Gasteiger partial charge in [0.25, 0.3) is 0 Å². The zero-order valence-electron chi connectivity index (χ0n) is 12.6. The van der Waals surface area contributed by atoms with E-state index in [1.165, 1.54) is 31.2 Å². The highest BCUT2D eigenvalue weighted by Crippen LogP contribution is 2.17. The van der Waals surface area contributed by atoms with Gasteiger partial charge in [0.2, 0.25) is 0 Å². The van der Waals surface area contributed by atoms with Crippen LogP contribution in [-0.4, -0.2) is 0 Å². The van der Waals surface area contributed by atoms with Crippen LogP contribution >= 0.6 is 11.6 Å². The lowest BCUT2D eigenvalue weighted by Gasteiger charge is -2.07. The summed E-state index contributed by atoms with van der Waals surface area (Å²) in [6.45, 7) is 2.82. The average molecular weight is 303 g/mol. The van der Waals surface area contributed by atoms with E-state index in [-0.39, 0.29) is 0 Å². The van der Waals surface area contributed by atoms with Gasteiger partial charge in [-0.1, -0.05) is 62.1 Å². The second-order valence-corrected chi connectivity index (χ2v) is 5.81. The second-order valence-electron chi connectivity index (χ2n) is 5.37. The van der Waals surface area contributed by atoms with Gasteiger partial charge in [-0.2, -0.15) is 0 Å². The summed E-state index contributed by atoms with van der Waals surface area (Å²) in [5.74, 6) is 0.919. The molecule has 0 saturated heterocycles. The molecule has 2 aromatic rings. The smallest absolute Gasteiger partial charge is 0.119 e. The molecule has 0 aromatic heterocycles. The van der Waals surface area contributed by atoms with Gasteiger partial charge in [0.15, 0.2) is 0 Å². The normalized spacial score (nSPS) is 10.6. The van der Waals surface area contributed by atoms with Crippen LogP contribution in [0.25, 0.3) is 0 Å². The van der Waals surface area contributed by atoms with Gasteiger partial charge in [-0.15, -0.1) is 0 Å². The van der Waals surface area contributed by atoms with Crippen molar-refractivity contribution in [2.45, 2.75) is 45.6 Å². The third-order valence-electron chi connectivity index (χ3n) is 3.56. The molecule has 0 radical (unpaired) electrons. The van der Waals surface area contributed by atoms with E-state index in [0.717, 1.165) is 22.8 Å². The fraction of sp³-hybridized carbons (Fsp3) is 0.368. The number of hydrogen-bond acceptors (Lipinski definition) is 1. The monoisotopic (exact) mass is 302 g/mol. The molecule has 0 unspecified atom stereocenters. The molecule has 0 aliphatic heterocycles. The summed E-state index contributed by atoms with van der Waals surface area (Å²) in [6.07, 6.45) is 6.39. The molecule has 0 saturated carbocycles. The number of rotatable bonds is 8. The first kappa shape index (κ1) is 15.9. The molecule has 0 atom stereocenters. The molecule has 0 N–H and O–H groups in total. The van der Waals surface area contributed by atoms with Crippen LogP contribution in [0.3, 0.4) is 0 Å². The fourth-order valence-corrected chi connectivity index (χ4v) is 2.38. The first-order valence-corrected chi connectivity index (χ1v) is 8.12. The lowest BCUT2D eigenvalue weighted by Crippen LogP contribution is -1.95. The molecule has 0 heterocycles. The predicted octanol–water partition coefficient (Wildman–Crippen LogP) is 6.04. The lowest BCUT2D eigenvalue weighted by atomic mass is 10.1. The van der Waals surface area contributed by atoms with Crippen molar-refractivity contribution in [2.75, 3.05) is 0 Å². The number of unbranched alkanes of at least 4 members (excludes halogenated alkanes) is 3. The third kappa shape index (κ3) is 5.81. The summed E-state index contributed by atoms with van der Waals surface area (Å²) in [5, 5.41) is 0.756. The number of benzene rings is 2. The molecule has 0 amide bonds. The summed E-state index contributed by atoms with van der Waals surface area (Å²) in [4.78, 5) is 0. The number of ether oxygens (including phenoxy) is 1. The Kier molecular flexibility index (Phi) is 6.62. The van der Waals surface area contributed by atoms with Crippen LogP contribution in [0.15, 0.2) is 48.5 Å². The maximum Gasteiger partial charge on any atom is 0.119 e. The van der Waals surface area contributed by atoms with Crippen LogP contribution in [-0.2, 0) is 13.0 Å². The van der Waals surface area contributed by atoms with Crippen LogP contribution in [0, 0.1) is 0 Å². The van der Waals surface area contributed by atoms with Gasteiger partial charge in [0.1, 0.15) is 12.4 Å². The van der Waals surface area contributed by atoms with Crippen LogP contribution in [0.5, 0.6) is 5.75 Å². The molecule has 2 heteroatoms. The topological polar surface area (TPSA) is 9.23 Å². The Morgan fingerprint density at radius 1 is 0.810 bits per heavy atom. The van der Waals surface area contributed by atoms with E-state index in [2.05, 4.69) is 31.2 Å². The molecule has 0 bridgehead atoms. The van der Waals surface area contributed by atoms with Crippen LogP contribution in [0.4, 0.5) is 0 Å². The van der Waals surface area contributed by atoms with Crippen LogP contribution < -0.4 is 4.74 Å². The highest BCUT2D eigenvalue weighted by Gasteiger charge is 1.98. The molecule has 21 heavy (non-hydrogen) atoms. The Hall–Kier alpha value is -1.47. The second kappa shape index (κ2) is 8.74. The summed E-state index contributed by atoms with van der Waals surface area (Å²) in [7, 11) is 0. The average Bonchev–Trinajstić information content (AvgIpc) is 2.52. The lowest BCUT2D eigenvalue weighted by molar-refractivity contribution is 0.306. The van der Waals surface area contributed by atoms with Crippen molar-refractivity contribution >= 4 is 11.6 Å². The molecular weight excluding hydrogens is 280 g/mol. The number of aryl methyl sites for hydroxylation is 1. The van der Waals surface area contributed by atoms with E-state index in [9.17, 15) is 0 Å². The quantitative estimate of drug-likeness (QED) is 0.540. The zero-order chi connectivity index (χ0) is 14.9. The molecular formula is C19H23ClO. The van der Waals surface area contributed by atoms with Gasteiger partial charge < -0.3 is 4.74 Å². The summed E-state index contributed by atoms with van der Waals surface area (Å²) in [6, 6.07) is 16.2. The molecule has 0 fully saturated rings. The maximum atomic E-state index is 5.87. The van der Waals surface area contributed by atoms with E-state index in [4.69, 9.17) is 16.3 Å². The fourth-order valence-electron chi connectivity index (χ4n) is 2.26. The van der Waals surface area contributed by atoms with Crippen LogP contribution in [0.2, 0.25) is 5.02 Å². The number of halogens is 1. The van der Waals surface area contributed by atoms with Crippen molar-refractivity contribution in [3.05, 3.63) is 64.7 Å². The SMILES string of the molecule is CCCCCCc1ccc(OCc2ccc(Cl)cc2)cc1. The van der Waals surface area contributed by atoms with Crippen LogP contribution in [0.1, 0.15) is 43.7 Å². The van der Waals surface area contributed by atoms with Crippen molar-refractivity contribution in [3.8, 4) is 5.75 Å². The highest BCUT2D eigenvalue weighted by molar-refractivity contribution is 6.30. The van der Waals surface area contributed by atoms with Crippen molar-refractivity contribution in [1.29, 1.82) is 0 Å². The van der Waals surface area contributed by atoms with E-state index in [1.54, 1.807) is 0 Å². The summed E-state index contributed by atoms with van der Waals surface area (Å²) in [5.41, 5.74) is 2.52. The van der Waals surface area contributed by atoms with Crippen molar-refractivity contribution in [1.82, 2.24) is 0 Å². The molecule has 0 aliphatic rings. The first-order chi connectivity index (χ1) is 10.3. The van der Waals surface area contributed by atoms with Gasteiger partial charge in [-0.25, -0.2) is 0 Å². The standard InChI is InChI=1S/C19H23ClO/c1-2-3-4-5-6-16-9-13-19(14-10-16)21-15-17-7-11-18(20)12-8-17/h7-14H,2-6,15H2,1H3. The zero-order valence-corrected chi connectivity index (χ0v) is 13.4. The molecule has 2 aromatic carbocycles. The Labute approximate surface area is 132 Å². The molecule has 0 aliphatic carbocycles. The summed E-state index contributed by atoms with van der Waals surface area (Å²) < 4.78 is 5.79. The molecule has 1 nitrogen and oxygen atoms in total. The Bertz CT molecular complexity index is 516. The predicted molar refractivity (Wildman–Crippen MR) is 90.1 cm³/mol. The Morgan fingerprint density at radius 3 is 2.14 bits per heavy atom. The van der Waals surface area contributed by atoms with Gasteiger partial charge >= 0.3 is 0 Å². The molecule has 112 valence electrons. The largest absolute Gasteiger partial charge is 0.489 e. The van der Waals surface area contributed by atoms with Crippen molar-refractivity contribution in [3.63, 3.8) is 0 Å². The van der Waals surface area contributed by atoms with Crippen molar-refractivity contribution in [2.24, 2.45) is 0 Å². The van der Waals surface area contributed by atoms with Gasteiger partial charge in [0.05, 0.1) is 0 Å². The van der Waals surface area contributed by atoms with Gasteiger partial charge in [0, 0.05) is 5.02 Å². The molecule has 2 rings (SSSR count). The maximum absolute atomic E-state index is 5.87. The highest BCUT2D eigenvalue weighted by atomic mass is 35.5. The molecule has 0 spiro atoms. The third-order valence-corrected chi connectivity index (χ3v) is 3.81. The minimum atomic E-state index is 0.576. The Morgan fingerprint density at radius 2 is 1.48 bits per heavy atom. The minimum Gasteiger partial charge on any atom is -0.489 e. The minimum absolute atomic E-state index is 0.576. The number of hydrogen-bond donors (Lipinski definition) is 0. The van der Waals surface area contributed by atoms with E-state index in [0.29, 0.717) is 6.61 Å². The van der Waals surface area contributed by atoms with E-state index >= 15 is 0 Å². The van der Waals surface area contributed by atoms with E-state index in [1.807, 2.05) is 24.3 Å². The van der Waals surface area contributed by atoms with Crippen molar-refractivity contribution < 1.29 is 4.74 Å². The van der Waals surface area contributed by atoms with Gasteiger partial charge in [-0.05, 0) is 48.2 Å².